The highest BCUT2D eigenvalue weighted by molar-refractivity contribution is 5.72. The molecule has 0 radical (unpaired) electrons. The average molecular weight is 356 g/mol. The van der Waals surface area contributed by atoms with E-state index in [1.165, 1.54) is 77.7 Å². The van der Waals surface area contributed by atoms with Gasteiger partial charge in [-0.15, -0.1) is 0 Å². The van der Waals surface area contributed by atoms with Crippen molar-refractivity contribution in [2.24, 2.45) is 5.92 Å². The van der Waals surface area contributed by atoms with Gasteiger partial charge >= 0.3 is 5.97 Å². The molecule has 0 bridgehead atoms. The van der Waals surface area contributed by atoms with E-state index in [4.69, 9.17) is 4.74 Å². The van der Waals surface area contributed by atoms with E-state index in [9.17, 15) is 4.79 Å². The largest absolute Gasteiger partial charge is 0.469 e. The number of esters is 1. The zero-order chi connectivity index (χ0) is 18.0. The third-order valence-electron chi connectivity index (χ3n) is 5.17. The first-order valence-corrected chi connectivity index (χ1v) is 10.6. The second-order valence-electron chi connectivity index (χ2n) is 7.37. The highest BCUT2D eigenvalue weighted by atomic mass is 16.5. The number of rotatable bonds is 1. The maximum atomic E-state index is 11.9. The fourth-order valence-corrected chi connectivity index (χ4v) is 3.54. The Bertz CT molecular complexity index is 291. The van der Waals surface area contributed by atoms with Gasteiger partial charge in [-0.3, -0.25) is 4.79 Å². The number of hydrogen-bond acceptors (Lipinski definition) is 5. The molecular formula is C20H41N3O2. The van der Waals surface area contributed by atoms with E-state index >= 15 is 0 Å². The van der Waals surface area contributed by atoms with Crippen LogP contribution in [-0.2, 0) is 9.53 Å². The number of hydrogen-bond donors (Lipinski definition) is 3. The molecule has 25 heavy (non-hydrogen) atoms. The standard InChI is InChI=1S/C20H41N3O2/c1-25-20(24)19-15-12-10-8-6-4-2-3-5-7-9-11-13-17-21-23-22-18-14-16-19/h19,21-23H,2-18H2,1H3. The zero-order valence-electron chi connectivity index (χ0n) is 16.4. The molecule has 0 aromatic carbocycles. The van der Waals surface area contributed by atoms with Gasteiger partial charge in [0.15, 0.2) is 0 Å². The summed E-state index contributed by atoms with van der Waals surface area (Å²) >= 11 is 0. The fourth-order valence-electron chi connectivity index (χ4n) is 3.54. The molecule has 0 spiro atoms. The van der Waals surface area contributed by atoms with Crippen LogP contribution in [0, 0.1) is 5.92 Å². The Kier molecular flexibility index (Phi) is 15.0. The Balaban J connectivity index is 2.26. The van der Waals surface area contributed by atoms with Crippen molar-refractivity contribution in [1.29, 1.82) is 0 Å². The third kappa shape index (κ3) is 13.2. The van der Waals surface area contributed by atoms with Gasteiger partial charge in [-0.05, 0) is 25.7 Å². The smallest absolute Gasteiger partial charge is 0.308 e. The van der Waals surface area contributed by atoms with Crippen LogP contribution < -0.4 is 16.4 Å². The number of hydrazine groups is 2. The van der Waals surface area contributed by atoms with Crippen LogP contribution in [0.25, 0.3) is 0 Å². The summed E-state index contributed by atoms with van der Waals surface area (Å²) in [6, 6.07) is 0. The molecule has 3 N–H and O–H groups in total. The van der Waals surface area contributed by atoms with E-state index in [1.54, 1.807) is 0 Å². The predicted octanol–water partition coefficient (Wildman–Crippen LogP) is 4.24. The predicted molar refractivity (Wildman–Crippen MR) is 104 cm³/mol. The summed E-state index contributed by atoms with van der Waals surface area (Å²) in [6.45, 7) is 1.86. The Morgan fingerprint density at radius 1 is 0.680 bits per heavy atom. The summed E-state index contributed by atoms with van der Waals surface area (Å²) in [6.07, 6.45) is 18.8. The van der Waals surface area contributed by atoms with Crippen molar-refractivity contribution in [2.75, 3.05) is 20.2 Å². The lowest BCUT2D eigenvalue weighted by atomic mass is 9.95. The molecule has 0 aromatic heterocycles. The quantitative estimate of drug-likeness (QED) is 0.614. The number of ether oxygens (including phenoxy) is 1. The van der Waals surface area contributed by atoms with E-state index < -0.39 is 0 Å². The minimum atomic E-state index is -0.0375. The van der Waals surface area contributed by atoms with Gasteiger partial charge < -0.3 is 4.74 Å². The molecule has 0 saturated carbocycles. The van der Waals surface area contributed by atoms with E-state index in [-0.39, 0.29) is 11.9 Å². The number of nitrogens with one attached hydrogen (secondary N) is 3. The van der Waals surface area contributed by atoms with Crippen LogP contribution in [0.1, 0.15) is 96.3 Å². The minimum absolute atomic E-state index is 0.0375. The Morgan fingerprint density at radius 2 is 1.12 bits per heavy atom. The first-order valence-electron chi connectivity index (χ1n) is 10.6. The van der Waals surface area contributed by atoms with E-state index in [0.717, 1.165) is 38.8 Å². The van der Waals surface area contributed by atoms with E-state index in [1.807, 2.05) is 0 Å². The molecule has 0 aliphatic carbocycles. The van der Waals surface area contributed by atoms with Crippen molar-refractivity contribution in [1.82, 2.24) is 16.4 Å². The molecular weight excluding hydrogens is 314 g/mol. The van der Waals surface area contributed by atoms with Crippen LogP contribution in [0.15, 0.2) is 0 Å². The molecule has 148 valence electrons. The molecule has 1 fully saturated rings. The summed E-state index contributed by atoms with van der Waals surface area (Å²) in [5.74, 6) is 0.0262. The van der Waals surface area contributed by atoms with Crippen LogP contribution in [0.4, 0.5) is 0 Å². The van der Waals surface area contributed by atoms with Gasteiger partial charge in [-0.1, -0.05) is 70.6 Å². The van der Waals surface area contributed by atoms with Gasteiger partial charge in [0.1, 0.15) is 0 Å². The first kappa shape index (κ1) is 22.4. The van der Waals surface area contributed by atoms with Crippen LogP contribution in [0.5, 0.6) is 0 Å². The number of carbonyl (C=O) groups excluding carboxylic acids is 1. The van der Waals surface area contributed by atoms with Gasteiger partial charge in [0.25, 0.3) is 0 Å². The molecule has 0 amide bonds. The molecule has 1 unspecified atom stereocenters. The van der Waals surface area contributed by atoms with Gasteiger partial charge in [-0.2, -0.15) is 5.53 Å². The molecule has 1 aliphatic rings. The highest BCUT2D eigenvalue weighted by Crippen LogP contribution is 2.18. The molecule has 5 nitrogen and oxygen atoms in total. The first-order chi connectivity index (χ1) is 12.3. The number of carbonyl (C=O) groups is 1. The number of methoxy groups -OCH3 is 1. The maximum absolute atomic E-state index is 11.9. The van der Waals surface area contributed by atoms with Gasteiger partial charge in [0.2, 0.25) is 0 Å². The highest BCUT2D eigenvalue weighted by Gasteiger charge is 2.18. The Hall–Kier alpha value is -0.650. The topological polar surface area (TPSA) is 62.4 Å². The summed E-state index contributed by atoms with van der Waals surface area (Å²) in [5.41, 5.74) is 9.45. The Labute approximate surface area is 155 Å². The van der Waals surface area contributed by atoms with Crippen LogP contribution in [0.2, 0.25) is 0 Å². The molecule has 1 saturated heterocycles. The lowest BCUT2D eigenvalue weighted by Gasteiger charge is -2.15. The molecule has 1 aliphatic heterocycles. The molecule has 1 heterocycles. The monoisotopic (exact) mass is 355 g/mol. The third-order valence-corrected chi connectivity index (χ3v) is 5.17. The van der Waals surface area contributed by atoms with Gasteiger partial charge in [0, 0.05) is 13.1 Å². The molecule has 1 atom stereocenters. The lowest BCUT2D eigenvalue weighted by molar-refractivity contribution is -0.146. The van der Waals surface area contributed by atoms with Crippen molar-refractivity contribution in [3.05, 3.63) is 0 Å². The lowest BCUT2D eigenvalue weighted by Crippen LogP contribution is -2.44. The van der Waals surface area contributed by atoms with Crippen LogP contribution in [-0.4, -0.2) is 26.2 Å². The SMILES string of the molecule is COC(=O)C1CCCCCCCCCCCCCCNNNCCC1. The van der Waals surface area contributed by atoms with Gasteiger partial charge in [0.05, 0.1) is 13.0 Å². The average Bonchev–Trinajstić information content (AvgIpc) is 2.63. The van der Waals surface area contributed by atoms with Gasteiger partial charge in [-0.25, -0.2) is 10.9 Å². The zero-order valence-corrected chi connectivity index (χ0v) is 16.4. The van der Waals surface area contributed by atoms with Crippen LogP contribution >= 0.6 is 0 Å². The summed E-state index contributed by atoms with van der Waals surface area (Å²) < 4.78 is 4.98. The minimum Gasteiger partial charge on any atom is -0.469 e. The Morgan fingerprint density at radius 3 is 1.68 bits per heavy atom. The normalized spacial score (nSPS) is 24.8. The fraction of sp³-hybridized carbons (Fsp3) is 0.950. The van der Waals surface area contributed by atoms with Crippen molar-refractivity contribution in [3.63, 3.8) is 0 Å². The summed E-state index contributed by atoms with van der Waals surface area (Å²) in [5, 5.41) is 0. The summed E-state index contributed by atoms with van der Waals surface area (Å²) in [4.78, 5) is 11.9. The summed E-state index contributed by atoms with van der Waals surface area (Å²) in [7, 11) is 1.51. The second-order valence-corrected chi connectivity index (χ2v) is 7.37. The molecule has 0 aromatic rings. The van der Waals surface area contributed by atoms with Crippen LogP contribution in [0.3, 0.4) is 0 Å². The second kappa shape index (κ2) is 16.8. The van der Waals surface area contributed by atoms with Crippen molar-refractivity contribution in [3.8, 4) is 0 Å². The van der Waals surface area contributed by atoms with Crippen molar-refractivity contribution in [2.45, 2.75) is 96.3 Å². The van der Waals surface area contributed by atoms with Crippen molar-refractivity contribution >= 4 is 5.97 Å². The van der Waals surface area contributed by atoms with E-state index in [2.05, 4.69) is 16.4 Å². The van der Waals surface area contributed by atoms with E-state index in [0.29, 0.717) is 0 Å². The molecule has 5 heteroatoms. The van der Waals surface area contributed by atoms with Crippen molar-refractivity contribution < 1.29 is 9.53 Å². The molecule has 1 rings (SSSR count). The maximum Gasteiger partial charge on any atom is 0.308 e.